The lowest BCUT2D eigenvalue weighted by atomic mass is 9.83. The van der Waals surface area contributed by atoms with E-state index >= 15 is 0 Å². The summed E-state index contributed by atoms with van der Waals surface area (Å²) in [6.45, 7) is 3.57. The van der Waals surface area contributed by atoms with Crippen LogP contribution in [0.1, 0.15) is 47.6 Å². The first-order chi connectivity index (χ1) is 14.8. The van der Waals surface area contributed by atoms with Gasteiger partial charge in [0.25, 0.3) is 0 Å². The van der Waals surface area contributed by atoms with Crippen molar-refractivity contribution in [2.75, 3.05) is 13.2 Å². The summed E-state index contributed by atoms with van der Waals surface area (Å²) in [5.74, 6) is -1.63. The summed E-state index contributed by atoms with van der Waals surface area (Å²) >= 11 is 0. The van der Waals surface area contributed by atoms with Gasteiger partial charge in [-0.15, -0.1) is 0 Å². The van der Waals surface area contributed by atoms with Crippen LogP contribution in [-0.4, -0.2) is 57.6 Å². The molecule has 0 unspecified atom stereocenters. The Hall–Kier alpha value is -1.80. The summed E-state index contributed by atoms with van der Waals surface area (Å²) in [5, 5.41) is 41.3. The predicted octanol–water partition coefficient (Wildman–Crippen LogP) is 1.96. The Labute approximate surface area is 183 Å². The highest BCUT2D eigenvalue weighted by Gasteiger charge is 2.67. The van der Waals surface area contributed by atoms with Crippen molar-refractivity contribution in [2.24, 2.45) is 0 Å². The lowest BCUT2D eigenvalue weighted by Gasteiger charge is -2.46. The van der Waals surface area contributed by atoms with Crippen LogP contribution in [0.2, 0.25) is 0 Å². The van der Waals surface area contributed by atoms with Gasteiger partial charge in [-0.25, -0.2) is 0 Å². The summed E-state index contributed by atoms with van der Waals surface area (Å²) in [4.78, 5) is 0. The molecule has 168 valence electrons. The SMILES string of the molecule is CCCCc1ccc(Cc2cc([C@]34OC[C@](CO)(O3)[C@@H](O)[C@H](O)[C@H]4O)ccc2C)cc1. The molecule has 2 aromatic rings. The van der Waals surface area contributed by atoms with Crippen LogP contribution >= 0.6 is 0 Å². The molecule has 6 heteroatoms. The standard InChI is InChI=1S/C25H32O6/c1-3-4-5-17-7-9-18(10-8-17)12-19-13-20(11-6-16(19)2)25-23(29)21(27)22(28)24(14-26,31-25)15-30-25/h6-11,13,21-23,26-29H,3-5,12,14-15H2,1-2H3/t21-,22-,23+,24-,25-/m0/s1. The predicted molar refractivity (Wildman–Crippen MR) is 116 cm³/mol. The fraction of sp³-hybridized carbons (Fsp3) is 0.520. The van der Waals surface area contributed by atoms with Gasteiger partial charge in [-0.1, -0.05) is 49.7 Å². The topological polar surface area (TPSA) is 99.4 Å². The Morgan fingerprint density at radius 3 is 2.39 bits per heavy atom. The second-order valence-electron chi connectivity index (χ2n) is 8.90. The van der Waals surface area contributed by atoms with E-state index in [2.05, 4.69) is 31.2 Å². The zero-order chi connectivity index (χ0) is 22.2. The zero-order valence-corrected chi connectivity index (χ0v) is 18.1. The van der Waals surface area contributed by atoms with Crippen molar-refractivity contribution in [1.82, 2.24) is 0 Å². The monoisotopic (exact) mass is 428 g/mol. The maximum Gasteiger partial charge on any atom is 0.225 e. The van der Waals surface area contributed by atoms with Gasteiger partial charge in [-0.3, -0.25) is 0 Å². The van der Waals surface area contributed by atoms with Crippen molar-refractivity contribution in [3.63, 3.8) is 0 Å². The minimum absolute atomic E-state index is 0.124. The molecule has 2 aliphatic rings. The van der Waals surface area contributed by atoms with E-state index in [1.165, 1.54) is 24.0 Å². The Balaban J connectivity index is 1.62. The molecule has 2 fully saturated rings. The summed E-state index contributed by atoms with van der Waals surface area (Å²) in [7, 11) is 0. The quantitative estimate of drug-likeness (QED) is 0.538. The van der Waals surface area contributed by atoms with Crippen molar-refractivity contribution in [2.45, 2.75) is 69.2 Å². The van der Waals surface area contributed by atoms with Gasteiger partial charge in [0.1, 0.15) is 23.9 Å². The second-order valence-corrected chi connectivity index (χ2v) is 8.90. The van der Waals surface area contributed by atoms with Crippen molar-refractivity contribution >= 4 is 0 Å². The summed E-state index contributed by atoms with van der Waals surface area (Å²) in [5.41, 5.74) is 3.75. The Kier molecular flexibility index (Phi) is 6.23. The fourth-order valence-corrected chi connectivity index (χ4v) is 4.58. The first-order valence-corrected chi connectivity index (χ1v) is 11.0. The molecule has 0 spiro atoms. The van der Waals surface area contributed by atoms with E-state index < -0.39 is 36.3 Å². The number of aliphatic hydroxyl groups is 4. The normalized spacial score (nSPS) is 32.4. The van der Waals surface area contributed by atoms with E-state index in [1.807, 2.05) is 19.1 Å². The van der Waals surface area contributed by atoms with Crippen molar-refractivity contribution < 1.29 is 29.9 Å². The number of unbranched alkanes of at least 4 members (excludes halogenated alkanes) is 1. The molecule has 4 N–H and O–H groups in total. The van der Waals surface area contributed by atoms with Gasteiger partial charge in [0, 0.05) is 5.56 Å². The van der Waals surface area contributed by atoms with Crippen LogP contribution in [-0.2, 0) is 28.1 Å². The number of aliphatic hydroxyl groups excluding tert-OH is 4. The summed E-state index contributed by atoms with van der Waals surface area (Å²) in [6, 6.07) is 14.3. The smallest absolute Gasteiger partial charge is 0.225 e. The molecule has 2 bridgehead atoms. The van der Waals surface area contributed by atoms with E-state index in [9.17, 15) is 20.4 Å². The van der Waals surface area contributed by atoms with Gasteiger partial charge in [0.05, 0.1) is 13.2 Å². The maximum atomic E-state index is 10.8. The highest BCUT2D eigenvalue weighted by molar-refractivity contribution is 5.39. The van der Waals surface area contributed by atoms with Crippen LogP contribution in [0.3, 0.4) is 0 Å². The van der Waals surface area contributed by atoms with Crippen LogP contribution in [0.15, 0.2) is 42.5 Å². The first kappa shape index (κ1) is 22.4. The van der Waals surface area contributed by atoms with Crippen molar-refractivity contribution in [3.8, 4) is 0 Å². The molecule has 2 aromatic carbocycles. The maximum absolute atomic E-state index is 10.8. The number of ether oxygens (including phenoxy) is 2. The molecule has 0 saturated carbocycles. The molecular weight excluding hydrogens is 396 g/mol. The number of fused-ring (bicyclic) bond motifs is 2. The van der Waals surface area contributed by atoms with Gasteiger partial charge in [0.2, 0.25) is 5.79 Å². The third kappa shape index (κ3) is 3.82. The summed E-state index contributed by atoms with van der Waals surface area (Å²) in [6.07, 6.45) is -0.284. The number of hydrogen-bond donors (Lipinski definition) is 4. The molecule has 0 aromatic heterocycles. The van der Waals surface area contributed by atoms with Crippen LogP contribution < -0.4 is 0 Å². The fourth-order valence-electron chi connectivity index (χ4n) is 4.58. The zero-order valence-electron chi connectivity index (χ0n) is 18.1. The molecule has 0 amide bonds. The van der Waals surface area contributed by atoms with E-state index in [-0.39, 0.29) is 6.61 Å². The first-order valence-electron chi connectivity index (χ1n) is 11.0. The molecular formula is C25H32O6. The van der Waals surface area contributed by atoms with Crippen LogP contribution in [0.5, 0.6) is 0 Å². The molecule has 2 heterocycles. The minimum Gasteiger partial charge on any atom is -0.393 e. The van der Waals surface area contributed by atoms with Crippen LogP contribution in [0, 0.1) is 6.92 Å². The number of aryl methyl sites for hydroxylation is 2. The van der Waals surface area contributed by atoms with E-state index in [1.54, 1.807) is 6.07 Å². The highest BCUT2D eigenvalue weighted by Crippen LogP contribution is 2.49. The summed E-state index contributed by atoms with van der Waals surface area (Å²) < 4.78 is 11.8. The third-order valence-electron chi connectivity index (χ3n) is 6.72. The molecule has 2 aliphatic heterocycles. The molecule has 31 heavy (non-hydrogen) atoms. The van der Waals surface area contributed by atoms with Gasteiger partial charge >= 0.3 is 0 Å². The van der Waals surface area contributed by atoms with Gasteiger partial charge in [-0.2, -0.15) is 0 Å². The minimum atomic E-state index is -1.63. The largest absolute Gasteiger partial charge is 0.393 e. The molecule has 5 atom stereocenters. The van der Waals surface area contributed by atoms with E-state index in [0.717, 1.165) is 17.5 Å². The van der Waals surface area contributed by atoms with E-state index in [0.29, 0.717) is 12.0 Å². The van der Waals surface area contributed by atoms with Crippen molar-refractivity contribution in [1.29, 1.82) is 0 Å². The molecule has 6 nitrogen and oxygen atoms in total. The Morgan fingerprint density at radius 1 is 1.00 bits per heavy atom. The van der Waals surface area contributed by atoms with Gasteiger partial charge < -0.3 is 29.9 Å². The third-order valence-corrected chi connectivity index (χ3v) is 6.72. The van der Waals surface area contributed by atoms with Gasteiger partial charge in [-0.05, 0) is 54.5 Å². The van der Waals surface area contributed by atoms with Crippen LogP contribution in [0.25, 0.3) is 0 Å². The van der Waals surface area contributed by atoms with E-state index in [4.69, 9.17) is 9.47 Å². The Morgan fingerprint density at radius 2 is 1.71 bits per heavy atom. The molecule has 4 rings (SSSR count). The average Bonchev–Trinajstić information content (AvgIpc) is 3.17. The second kappa shape index (κ2) is 8.62. The molecule has 0 radical (unpaired) electrons. The molecule has 2 saturated heterocycles. The van der Waals surface area contributed by atoms with Crippen molar-refractivity contribution in [3.05, 3.63) is 70.3 Å². The Bertz CT molecular complexity index is 913. The molecule has 0 aliphatic carbocycles. The average molecular weight is 429 g/mol. The highest BCUT2D eigenvalue weighted by atomic mass is 16.8. The number of rotatable bonds is 7. The van der Waals surface area contributed by atoms with Gasteiger partial charge in [0.15, 0.2) is 0 Å². The lowest BCUT2D eigenvalue weighted by Crippen LogP contribution is -2.65. The number of benzene rings is 2. The van der Waals surface area contributed by atoms with Crippen LogP contribution in [0.4, 0.5) is 0 Å². The number of hydrogen-bond acceptors (Lipinski definition) is 6. The lowest BCUT2D eigenvalue weighted by molar-refractivity contribution is -0.329.